The Labute approximate surface area is 132 Å². The zero-order chi connectivity index (χ0) is 14.8. The highest BCUT2D eigenvalue weighted by atomic mass is 32.2. The molecule has 0 aliphatic rings. The van der Waals surface area contributed by atoms with Gasteiger partial charge in [0, 0.05) is 22.9 Å². The van der Waals surface area contributed by atoms with Crippen LogP contribution in [0.3, 0.4) is 0 Å². The number of rotatable bonds is 3. The Morgan fingerprint density at radius 1 is 0.818 bits per heavy atom. The second kappa shape index (κ2) is 5.66. The average molecular weight is 303 g/mol. The van der Waals surface area contributed by atoms with E-state index in [-0.39, 0.29) is 0 Å². The molecule has 0 spiro atoms. The molecular weight excluding hydrogens is 290 g/mol. The number of imidazole rings is 1. The smallest absolute Gasteiger partial charge is 0.235 e. The van der Waals surface area contributed by atoms with Gasteiger partial charge >= 0.3 is 0 Å². The molecular formula is C18H13N3S. The summed E-state index contributed by atoms with van der Waals surface area (Å²) in [5, 5.41) is 1.08. The molecule has 0 bridgehead atoms. The summed E-state index contributed by atoms with van der Waals surface area (Å²) in [4.78, 5) is 10.3. The molecule has 0 amide bonds. The van der Waals surface area contributed by atoms with Crippen LogP contribution in [-0.2, 0) is 0 Å². The molecule has 0 atom stereocenters. The first kappa shape index (κ1) is 13.1. The first-order valence-corrected chi connectivity index (χ1v) is 7.85. The van der Waals surface area contributed by atoms with Gasteiger partial charge in [0.15, 0.2) is 0 Å². The summed E-state index contributed by atoms with van der Waals surface area (Å²) in [6, 6.07) is 22.5. The third kappa shape index (κ3) is 2.38. The Morgan fingerprint density at radius 3 is 2.32 bits per heavy atom. The number of benzene rings is 2. The third-order valence-corrected chi connectivity index (χ3v) is 4.46. The molecule has 0 radical (unpaired) electrons. The highest BCUT2D eigenvalue weighted by Gasteiger charge is 2.15. The monoisotopic (exact) mass is 303 g/mol. The van der Waals surface area contributed by atoms with E-state index in [1.807, 2.05) is 53.1 Å². The van der Waals surface area contributed by atoms with Crippen LogP contribution in [0.15, 0.2) is 89.0 Å². The molecule has 4 aromatic rings. The molecule has 0 N–H and O–H groups in total. The summed E-state index contributed by atoms with van der Waals surface area (Å²) in [6.45, 7) is 0. The maximum absolute atomic E-state index is 4.71. The highest BCUT2D eigenvalue weighted by Crippen LogP contribution is 2.35. The van der Waals surface area contributed by atoms with Gasteiger partial charge < -0.3 is 0 Å². The van der Waals surface area contributed by atoms with Gasteiger partial charge in [-0.3, -0.25) is 4.40 Å². The molecule has 0 aliphatic carbocycles. The van der Waals surface area contributed by atoms with Crippen molar-refractivity contribution in [1.29, 1.82) is 0 Å². The van der Waals surface area contributed by atoms with Crippen LogP contribution in [0.25, 0.3) is 17.0 Å². The van der Waals surface area contributed by atoms with Crippen LogP contribution < -0.4 is 0 Å². The highest BCUT2D eigenvalue weighted by molar-refractivity contribution is 7.99. The average Bonchev–Trinajstić information content (AvgIpc) is 2.95. The first-order valence-electron chi connectivity index (χ1n) is 7.03. The molecule has 22 heavy (non-hydrogen) atoms. The first-order chi connectivity index (χ1) is 10.9. The Bertz CT molecular complexity index is 901. The standard InChI is InChI=1S/C18H13N3S/c1-3-8-14(9-4-1)16-17(22-15-10-5-2-6-11-15)21-13-7-12-19-18(21)20-16/h1-13H. The lowest BCUT2D eigenvalue weighted by molar-refractivity contribution is 1.01. The summed E-state index contributed by atoms with van der Waals surface area (Å²) in [5.74, 6) is 0.722. The number of hydrogen-bond donors (Lipinski definition) is 0. The van der Waals surface area contributed by atoms with Crippen LogP contribution in [0.1, 0.15) is 0 Å². The van der Waals surface area contributed by atoms with Gasteiger partial charge in [-0.2, -0.15) is 0 Å². The van der Waals surface area contributed by atoms with Crippen molar-refractivity contribution in [2.75, 3.05) is 0 Å². The lowest BCUT2D eigenvalue weighted by atomic mass is 10.2. The van der Waals surface area contributed by atoms with E-state index in [1.165, 1.54) is 4.90 Å². The van der Waals surface area contributed by atoms with Crippen LogP contribution in [0.2, 0.25) is 0 Å². The zero-order valence-corrected chi connectivity index (χ0v) is 12.6. The minimum absolute atomic E-state index is 0.722. The van der Waals surface area contributed by atoms with Gasteiger partial charge in [0.05, 0.1) is 0 Å². The molecule has 106 valence electrons. The van der Waals surface area contributed by atoms with Gasteiger partial charge in [-0.25, -0.2) is 9.97 Å². The number of fused-ring (bicyclic) bond motifs is 1. The van der Waals surface area contributed by atoms with Gasteiger partial charge in [-0.15, -0.1) is 0 Å². The molecule has 4 heteroatoms. The normalized spacial score (nSPS) is 10.9. The molecule has 0 fully saturated rings. The Hall–Kier alpha value is -2.59. The maximum Gasteiger partial charge on any atom is 0.235 e. The van der Waals surface area contributed by atoms with Gasteiger partial charge in [0.25, 0.3) is 0 Å². The Balaban J connectivity index is 1.91. The molecule has 2 aromatic heterocycles. The van der Waals surface area contributed by atoms with Crippen molar-refractivity contribution < 1.29 is 0 Å². The van der Waals surface area contributed by atoms with Gasteiger partial charge in [0.2, 0.25) is 5.78 Å². The lowest BCUT2D eigenvalue weighted by Crippen LogP contribution is -1.88. The van der Waals surface area contributed by atoms with E-state index >= 15 is 0 Å². The molecule has 0 saturated heterocycles. The van der Waals surface area contributed by atoms with Gasteiger partial charge in [0.1, 0.15) is 10.7 Å². The van der Waals surface area contributed by atoms with E-state index < -0.39 is 0 Å². The predicted molar refractivity (Wildman–Crippen MR) is 89.0 cm³/mol. The van der Waals surface area contributed by atoms with Crippen molar-refractivity contribution in [2.45, 2.75) is 9.92 Å². The van der Waals surface area contributed by atoms with Crippen LogP contribution in [-0.4, -0.2) is 14.4 Å². The summed E-state index contributed by atoms with van der Waals surface area (Å²) < 4.78 is 2.04. The summed E-state index contributed by atoms with van der Waals surface area (Å²) >= 11 is 1.71. The van der Waals surface area contributed by atoms with Crippen LogP contribution in [0.4, 0.5) is 0 Å². The Kier molecular flexibility index (Phi) is 3.37. The minimum Gasteiger partial charge on any atom is -0.278 e. The fraction of sp³-hybridized carbons (Fsp3) is 0. The quantitative estimate of drug-likeness (QED) is 0.556. The molecule has 2 heterocycles. The van der Waals surface area contributed by atoms with E-state index in [9.17, 15) is 0 Å². The maximum atomic E-state index is 4.71. The van der Waals surface area contributed by atoms with E-state index in [0.717, 1.165) is 22.1 Å². The Morgan fingerprint density at radius 2 is 1.55 bits per heavy atom. The van der Waals surface area contributed by atoms with Gasteiger partial charge in [-0.1, -0.05) is 60.3 Å². The topological polar surface area (TPSA) is 30.2 Å². The summed E-state index contributed by atoms with van der Waals surface area (Å²) in [5.41, 5.74) is 2.07. The summed E-state index contributed by atoms with van der Waals surface area (Å²) in [7, 11) is 0. The van der Waals surface area contributed by atoms with Crippen molar-refractivity contribution in [3.8, 4) is 11.3 Å². The van der Waals surface area contributed by atoms with Crippen LogP contribution in [0, 0.1) is 0 Å². The van der Waals surface area contributed by atoms with Crippen LogP contribution >= 0.6 is 11.8 Å². The molecule has 0 aliphatic heterocycles. The molecule has 0 saturated carbocycles. The number of nitrogens with zero attached hydrogens (tertiary/aromatic N) is 3. The molecule has 3 nitrogen and oxygen atoms in total. The van der Waals surface area contributed by atoms with E-state index in [2.05, 4.69) is 29.2 Å². The minimum atomic E-state index is 0.722. The second-order valence-electron chi connectivity index (χ2n) is 4.84. The van der Waals surface area contributed by atoms with Crippen LogP contribution in [0.5, 0.6) is 0 Å². The molecule has 2 aromatic carbocycles. The van der Waals surface area contributed by atoms with E-state index in [4.69, 9.17) is 4.98 Å². The SMILES string of the molecule is c1ccc(Sc2c(-c3ccccc3)nc3ncccn23)cc1. The number of aromatic nitrogens is 3. The summed E-state index contributed by atoms with van der Waals surface area (Å²) in [6.07, 6.45) is 3.78. The fourth-order valence-electron chi connectivity index (χ4n) is 2.35. The van der Waals surface area contributed by atoms with Gasteiger partial charge in [-0.05, 0) is 18.2 Å². The number of hydrogen-bond acceptors (Lipinski definition) is 3. The van der Waals surface area contributed by atoms with E-state index in [1.54, 1.807) is 18.0 Å². The predicted octanol–water partition coefficient (Wildman–Crippen LogP) is 4.55. The zero-order valence-electron chi connectivity index (χ0n) is 11.8. The lowest BCUT2D eigenvalue weighted by Gasteiger charge is -2.04. The third-order valence-electron chi connectivity index (χ3n) is 3.36. The molecule has 4 rings (SSSR count). The second-order valence-corrected chi connectivity index (χ2v) is 5.90. The van der Waals surface area contributed by atoms with E-state index in [0.29, 0.717) is 0 Å². The van der Waals surface area contributed by atoms with Crippen molar-refractivity contribution in [1.82, 2.24) is 14.4 Å². The van der Waals surface area contributed by atoms with Crippen molar-refractivity contribution >= 4 is 17.5 Å². The fourth-order valence-corrected chi connectivity index (χ4v) is 3.37. The largest absolute Gasteiger partial charge is 0.278 e. The van der Waals surface area contributed by atoms with Crippen molar-refractivity contribution in [3.63, 3.8) is 0 Å². The molecule has 0 unspecified atom stereocenters. The van der Waals surface area contributed by atoms with Crippen molar-refractivity contribution in [3.05, 3.63) is 79.1 Å². The van der Waals surface area contributed by atoms with Crippen molar-refractivity contribution in [2.24, 2.45) is 0 Å².